The average Bonchev–Trinajstić information content (AvgIpc) is 3.20. The van der Waals surface area contributed by atoms with E-state index in [0.717, 1.165) is 22.3 Å². The summed E-state index contributed by atoms with van der Waals surface area (Å²) < 4.78 is 19.5. The van der Waals surface area contributed by atoms with Crippen LogP contribution in [0.2, 0.25) is 0 Å². The Morgan fingerprint density at radius 2 is 1.44 bits per heavy atom. The van der Waals surface area contributed by atoms with Crippen LogP contribution >= 0.6 is 0 Å². The first-order valence-electron chi connectivity index (χ1n) is 11.2. The van der Waals surface area contributed by atoms with Crippen molar-refractivity contribution in [2.75, 3.05) is 13.2 Å². The summed E-state index contributed by atoms with van der Waals surface area (Å²) >= 11 is 0. The summed E-state index contributed by atoms with van der Waals surface area (Å²) in [5.41, 5.74) is 4.87. The van der Waals surface area contributed by atoms with Gasteiger partial charge in [-0.3, -0.25) is 0 Å². The maximum atomic E-state index is 14.1. The quantitative estimate of drug-likeness (QED) is 0.384. The summed E-state index contributed by atoms with van der Waals surface area (Å²) in [6.45, 7) is -0.0648. The molecule has 5 nitrogen and oxygen atoms in total. The predicted octanol–water partition coefficient (Wildman–Crippen LogP) is 4.91. The van der Waals surface area contributed by atoms with Gasteiger partial charge in [-0.05, 0) is 39.3 Å². The summed E-state index contributed by atoms with van der Waals surface area (Å²) in [4.78, 5) is 12.4. The molecule has 34 heavy (non-hydrogen) atoms. The molecule has 1 aliphatic rings. The second-order valence-electron chi connectivity index (χ2n) is 8.40. The van der Waals surface area contributed by atoms with Gasteiger partial charge in [0.1, 0.15) is 24.6 Å². The highest BCUT2D eigenvalue weighted by Crippen LogP contribution is 2.44. The summed E-state index contributed by atoms with van der Waals surface area (Å²) in [6.07, 6.45) is -3.29. The molecule has 172 valence electrons. The molecule has 0 bridgehead atoms. The summed E-state index contributed by atoms with van der Waals surface area (Å²) in [5, 5.41) is 24.5. The lowest BCUT2D eigenvalue weighted by atomic mass is 9.97. The molecule has 0 saturated carbocycles. The van der Waals surface area contributed by atoms with Gasteiger partial charge in [-0.25, -0.2) is 9.18 Å². The van der Waals surface area contributed by atoms with E-state index in [1.54, 1.807) is 24.3 Å². The highest BCUT2D eigenvalue weighted by Gasteiger charge is 2.29. The third kappa shape index (κ3) is 4.02. The van der Waals surface area contributed by atoms with Gasteiger partial charge >= 0.3 is 6.09 Å². The number of hydrogen-bond acceptors (Lipinski definition) is 4. The molecule has 4 aromatic carbocycles. The van der Waals surface area contributed by atoms with Crippen molar-refractivity contribution in [3.8, 4) is 11.1 Å². The molecule has 0 aliphatic heterocycles. The molecular formula is C28H24FNO4. The second kappa shape index (κ2) is 9.25. The Morgan fingerprint density at radius 3 is 2.12 bits per heavy atom. The molecular weight excluding hydrogens is 433 g/mol. The average molecular weight is 458 g/mol. The lowest BCUT2D eigenvalue weighted by Crippen LogP contribution is -2.36. The van der Waals surface area contributed by atoms with Crippen LogP contribution in [0.15, 0.2) is 84.9 Å². The van der Waals surface area contributed by atoms with Crippen LogP contribution in [0.25, 0.3) is 21.9 Å². The Hall–Kier alpha value is -3.74. The minimum Gasteiger partial charge on any atom is -0.449 e. The van der Waals surface area contributed by atoms with Crippen molar-refractivity contribution in [3.63, 3.8) is 0 Å². The fraction of sp³-hybridized carbons (Fsp3) is 0.179. The van der Waals surface area contributed by atoms with Crippen LogP contribution in [0.1, 0.15) is 28.7 Å². The Labute approximate surface area is 196 Å². The summed E-state index contributed by atoms with van der Waals surface area (Å²) in [7, 11) is 0. The Bertz CT molecular complexity index is 1310. The van der Waals surface area contributed by atoms with Gasteiger partial charge in [-0.15, -0.1) is 0 Å². The van der Waals surface area contributed by atoms with Crippen molar-refractivity contribution in [1.82, 2.24) is 5.32 Å². The van der Waals surface area contributed by atoms with Crippen molar-refractivity contribution in [1.29, 1.82) is 0 Å². The number of alkyl carbamates (subject to hydrolysis) is 1. The van der Waals surface area contributed by atoms with Crippen molar-refractivity contribution in [2.24, 2.45) is 0 Å². The van der Waals surface area contributed by atoms with Crippen molar-refractivity contribution in [2.45, 2.75) is 18.1 Å². The number of amides is 1. The molecule has 1 aliphatic carbocycles. The second-order valence-corrected chi connectivity index (χ2v) is 8.40. The van der Waals surface area contributed by atoms with Crippen molar-refractivity contribution < 1.29 is 24.1 Å². The Balaban J connectivity index is 1.22. The topological polar surface area (TPSA) is 78.8 Å². The standard InChI is InChI=1S/C28H24FNO4/c29-25-14-13-23(21-11-5-6-12-22(21)25)27(32)26(31)15-30-28(33)34-16-24-19-9-3-1-7-17(19)18-8-2-4-10-20(18)24/h1-14,24,26-27,31-32H,15-16H2,(H,30,33). The molecule has 0 spiro atoms. The van der Waals surface area contributed by atoms with E-state index in [-0.39, 0.29) is 19.1 Å². The number of hydrogen-bond donors (Lipinski definition) is 3. The maximum Gasteiger partial charge on any atom is 0.407 e. The molecule has 2 atom stereocenters. The summed E-state index contributed by atoms with van der Waals surface area (Å²) in [6, 6.07) is 25.5. The first-order valence-corrected chi connectivity index (χ1v) is 11.2. The molecule has 0 radical (unpaired) electrons. The predicted molar refractivity (Wildman–Crippen MR) is 128 cm³/mol. The number of carbonyl (C=O) groups is 1. The minimum atomic E-state index is -1.31. The van der Waals surface area contributed by atoms with E-state index in [1.807, 2.05) is 36.4 Å². The van der Waals surface area contributed by atoms with E-state index >= 15 is 0 Å². The number of aliphatic hydroxyl groups is 2. The molecule has 0 heterocycles. The first kappa shape index (κ1) is 22.1. The zero-order valence-corrected chi connectivity index (χ0v) is 18.3. The van der Waals surface area contributed by atoms with Crippen LogP contribution in [0.4, 0.5) is 9.18 Å². The van der Waals surface area contributed by atoms with Crippen LogP contribution in [0.3, 0.4) is 0 Å². The van der Waals surface area contributed by atoms with Crippen LogP contribution < -0.4 is 5.32 Å². The highest BCUT2D eigenvalue weighted by molar-refractivity contribution is 5.86. The lowest BCUT2D eigenvalue weighted by molar-refractivity contribution is 0.0194. The number of aliphatic hydroxyl groups excluding tert-OH is 2. The zero-order chi connectivity index (χ0) is 23.7. The van der Waals surface area contributed by atoms with Crippen LogP contribution in [0, 0.1) is 5.82 Å². The van der Waals surface area contributed by atoms with Gasteiger partial charge in [0, 0.05) is 17.8 Å². The minimum absolute atomic E-state index is 0.0701. The SMILES string of the molecule is O=C(NCC(O)C(O)c1ccc(F)c2ccccc12)OCC1c2ccccc2-c2ccccc21. The third-order valence-electron chi connectivity index (χ3n) is 6.39. The molecule has 2 unspecified atom stereocenters. The van der Waals surface area contributed by atoms with Gasteiger partial charge in [0.15, 0.2) is 0 Å². The highest BCUT2D eigenvalue weighted by atomic mass is 19.1. The lowest BCUT2D eigenvalue weighted by Gasteiger charge is -2.21. The Morgan fingerprint density at radius 1 is 0.853 bits per heavy atom. The number of rotatable bonds is 6. The zero-order valence-electron chi connectivity index (χ0n) is 18.3. The van der Waals surface area contributed by atoms with E-state index in [2.05, 4.69) is 17.4 Å². The third-order valence-corrected chi connectivity index (χ3v) is 6.39. The van der Waals surface area contributed by atoms with Crippen LogP contribution in [-0.2, 0) is 4.74 Å². The molecule has 5 rings (SSSR count). The molecule has 0 aromatic heterocycles. The van der Waals surface area contributed by atoms with Gasteiger partial charge in [0.25, 0.3) is 0 Å². The fourth-order valence-corrected chi connectivity index (χ4v) is 4.70. The monoisotopic (exact) mass is 457 g/mol. The molecule has 0 fully saturated rings. The van der Waals surface area contributed by atoms with Gasteiger partial charge in [0.2, 0.25) is 0 Å². The maximum absolute atomic E-state index is 14.1. The van der Waals surface area contributed by atoms with Gasteiger partial charge in [-0.2, -0.15) is 0 Å². The van der Waals surface area contributed by atoms with Gasteiger partial charge < -0.3 is 20.3 Å². The van der Waals surface area contributed by atoms with Gasteiger partial charge in [0.05, 0.1) is 0 Å². The van der Waals surface area contributed by atoms with E-state index < -0.39 is 24.1 Å². The number of fused-ring (bicyclic) bond motifs is 4. The molecule has 4 aromatic rings. The number of ether oxygens (including phenoxy) is 1. The number of nitrogens with one attached hydrogen (secondary N) is 1. The van der Waals surface area contributed by atoms with Gasteiger partial charge in [-0.1, -0.05) is 78.9 Å². The molecule has 6 heteroatoms. The van der Waals surface area contributed by atoms with Crippen LogP contribution in [-0.4, -0.2) is 35.6 Å². The van der Waals surface area contributed by atoms with E-state index in [0.29, 0.717) is 16.3 Å². The smallest absolute Gasteiger partial charge is 0.407 e. The van der Waals surface area contributed by atoms with Crippen molar-refractivity contribution in [3.05, 3.63) is 107 Å². The molecule has 1 amide bonds. The first-order chi connectivity index (χ1) is 16.5. The van der Waals surface area contributed by atoms with E-state index in [4.69, 9.17) is 4.74 Å². The van der Waals surface area contributed by atoms with E-state index in [9.17, 15) is 19.4 Å². The van der Waals surface area contributed by atoms with E-state index in [1.165, 1.54) is 12.1 Å². The molecule has 0 saturated heterocycles. The largest absolute Gasteiger partial charge is 0.449 e. The summed E-state index contributed by atoms with van der Waals surface area (Å²) in [5.74, 6) is -0.475. The number of halogens is 1. The van der Waals surface area contributed by atoms with Crippen molar-refractivity contribution >= 4 is 16.9 Å². The fourth-order valence-electron chi connectivity index (χ4n) is 4.70. The normalized spacial score (nSPS) is 14.3. The Kier molecular flexibility index (Phi) is 6.01. The number of carbonyl (C=O) groups excluding carboxylic acids is 1. The molecule has 3 N–H and O–H groups in total. The number of benzene rings is 4. The van der Waals surface area contributed by atoms with Crippen LogP contribution in [0.5, 0.6) is 0 Å².